The van der Waals surface area contributed by atoms with Crippen molar-refractivity contribution in [1.82, 2.24) is 20.4 Å². The zero-order valence-corrected chi connectivity index (χ0v) is 19.3. The van der Waals surface area contributed by atoms with Gasteiger partial charge < -0.3 is 20.4 Å². The van der Waals surface area contributed by atoms with E-state index in [1.54, 1.807) is 19.0 Å². The van der Waals surface area contributed by atoms with Crippen LogP contribution in [0.15, 0.2) is 4.99 Å². The number of nitrogens with zero attached hydrogens (tertiary/aromatic N) is 3. The van der Waals surface area contributed by atoms with Crippen molar-refractivity contribution in [2.24, 2.45) is 10.4 Å². The second-order valence-electron chi connectivity index (χ2n) is 7.27. The van der Waals surface area contributed by atoms with Crippen molar-refractivity contribution >= 4 is 41.8 Å². The van der Waals surface area contributed by atoms with Crippen LogP contribution in [0.2, 0.25) is 0 Å². The highest BCUT2D eigenvalue weighted by molar-refractivity contribution is 14.0. The lowest BCUT2D eigenvalue weighted by Gasteiger charge is -2.31. The van der Waals surface area contributed by atoms with Crippen molar-refractivity contribution in [3.8, 4) is 0 Å². The van der Waals surface area contributed by atoms with Crippen molar-refractivity contribution in [1.29, 1.82) is 0 Å². The summed E-state index contributed by atoms with van der Waals surface area (Å²) in [7, 11) is 7.07. The van der Waals surface area contributed by atoms with E-state index in [0.717, 1.165) is 45.1 Å². The van der Waals surface area contributed by atoms with Crippen LogP contribution in [0.3, 0.4) is 0 Å². The van der Waals surface area contributed by atoms with Gasteiger partial charge in [-0.2, -0.15) is 0 Å². The molecule has 0 radical (unpaired) electrons. The highest BCUT2D eigenvalue weighted by Crippen LogP contribution is 2.38. The first-order chi connectivity index (χ1) is 11.8. The van der Waals surface area contributed by atoms with Crippen LogP contribution in [-0.4, -0.2) is 75.4 Å². The van der Waals surface area contributed by atoms with E-state index in [1.807, 2.05) is 14.1 Å². The van der Waals surface area contributed by atoms with E-state index in [2.05, 4.69) is 22.5 Å². The molecule has 0 aliphatic heterocycles. The van der Waals surface area contributed by atoms with Crippen LogP contribution in [-0.2, 0) is 9.59 Å². The summed E-state index contributed by atoms with van der Waals surface area (Å²) in [4.78, 5) is 32.1. The molecule has 8 heteroatoms. The molecule has 0 unspecified atom stereocenters. The van der Waals surface area contributed by atoms with Crippen LogP contribution in [0.4, 0.5) is 0 Å². The van der Waals surface area contributed by atoms with E-state index in [9.17, 15) is 9.59 Å². The van der Waals surface area contributed by atoms with E-state index < -0.39 is 0 Å². The average Bonchev–Trinajstić information content (AvgIpc) is 3.05. The predicted molar refractivity (Wildman–Crippen MR) is 117 cm³/mol. The molecule has 2 amide bonds. The zero-order valence-electron chi connectivity index (χ0n) is 16.9. The number of carbonyl (C=O) groups is 2. The third kappa shape index (κ3) is 7.67. The van der Waals surface area contributed by atoms with E-state index in [0.29, 0.717) is 12.5 Å². The smallest absolute Gasteiger partial charge is 0.243 e. The first-order valence-electron chi connectivity index (χ1n) is 9.26. The minimum Gasteiger partial charge on any atom is -0.356 e. The fraction of sp³-hybridized carbons (Fsp3) is 0.833. The normalized spacial score (nSPS) is 15.8. The minimum atomic E-state index is -0.359. The molecular weight excluding hydrogens is 445 g/mol. The molecule has 152 valence electrons. The number of halogens is 1. The van der Waals surface area contributed by atoms with Gasteiger partial charge in [-0.05, 0) is 19.3 Å². The summed E-state index contributed by atoms with van der Waals surface area (Å²) in [6, 6.07) is 0. The number of aliphatic imine (C=N–C) groups is 1. The molecule has 0 aromatic heterocycles. The third-order valence-corrected chi connectivity index (χ3v) is 4.71. The molecule has 1 rings (SSSR count). The molecular formula is C18H36IN5O2. The Morgan fingerprint density at radius 3 is 2.15 bits per heavy atom. The highest BCUT2D eigenvalue weighted by atomic mass is 127. The van der Waals surface area contributed by atoms with Gasteiger partial charge in [0.15, 0.2) is 5.96 Å². The maximum absolute atomic E-state index is 12.7. The van der Waals surface area contributed by atoms with Crippen molar-refractivity contribution in [3.05, 3.63) is 0 Å². The van der Waals surface area contributed by atoms with Gasteiger partial charge in [0.05, 0.1) is 5.41 Å². The number of guanidine groups is 1. The first-order valence-corrected chi connectivity index (χ1v) is 9.26. The summed E-state index contributed by atoms with van der Waals surface area (Å²) in [5.74, 6) is 0.743. The largest absolute Gasteiger partial charge is 0.356 e. The van der Waals surface area contributed by atoms with Gasteiger partial charge in [-0.15, -0.1) is 24.0 Å². The SMILES string of the molecule is CCCCNC(=NCC(=O)N(C)C)NCC1(C(=O)N(C)C)CCCC1.I. The highest BCUT2D eigenvalue weighted by Gasteiger charge is 2.42. The molecule has 0 heterocycles. The van der Waals surface area contributed by atoms with Crippen LogP contribution >= 0.6 is 24.0 Å². The molecule has 0 saturated heterocycles. The standard InChI is InChI=1S/C18H35N5O2.HI/c1-6-7-12-19-17(20-13-15(24)22(2)3)21-14-18(10-8-9-11-18)16(25)23(4)5;/h6-14H2,1-5H3,(H2,19,20,21);1H. The Morgan fingerprint density at radius 2 is 1.65 bits per heavy atom. The van der Waals surface area contributed by atoms with Crippen molar-refractivity contribution in [2.45, 2.75) is 45.4 Å². The maximum Gasteiger partial charge on any atom is 0.243 e. The van der Waals surface area contributed by atoms with Gasteiger partial charge in [-0.1, -0.05) is 26.2 Å². The van der Waals surface area contributed by atoms with E-state index in [1.165, 1.54) is 4.90 Å². The number of hydrogen-bond donors (Lipinski definition) is 2. The van der Waals surface area contributed by atoms with Crippen molar-refractivity contribution < 1.29 is 9.59 Å². The number of carbonyl (C=O) groups excluding carboxylic acids is 2. The number of unbranched alkanes of at least 4 members (excludes halogenated alkanes) is 1. The van der Waals surface area contributed by atoms with Crippen molar-refractivity contribution in [2.75, 3.05) is 47.8 Å². The summed E-state index contributed by atoms with van der Waals surface area (Å²) >= 11 is 0. The third-order valence-electron chi connectivity index (χ3n) is 4.71. The molecule has 2 N–H and O–H groups in total. The summed E-state index contributed by atoms with van der Waals surface area (Å²) in [6.45, 7) is 3.58. The molecule has 0 spiro atoms. The Bertz CT molecular complexity index is 474. The second kappa shape index (κ2) is 12.3. The molecule has 1 saturated carbocycles. The van der Waals surface area contributed by atoms with Gasteiger partial charge in [-0.25, -0.2) is 4.99 Å². The molecule has 7 nitrogen and oxygen atoms in total. The number of nitrogens with one attached hydrogen (secondary N) is 2. The quantitative estimate of drug-likeness (QED) is 0.240. The summed E-state index contributed by atoms with van der Waals surface area (Å²) in [6.07, 6.45) is 6.07. The molecule has 0 aromatic carbocycles. The van der Waals surface area contributed by atoms with Crippen LogP contribution in [0.5, 0.6) is 0 Å². The molecule has 1 aliphatic carbocycles. The van der Waals surface area contributed by atoms with Gasteiger partial charge >= 0.3 is 0 Å². The summed E-state index contributed by atoms with van der Waals surface area (Å²) < 4.78 is 0. The van der Waals surface area contributed by atoms with Gasteiger partial charge in [-0.3, -0.25) is 9.59 Å². The maximum atomic E-state index is 12.7. The van der Waals surface area contributed by atoms with Crippen LogP contribution in [0, 0.1) is 5.41 Å². The van der Waals surface area contributed by atoms with Crippen LogP contribution < -0.4 is 10.6 Å². The van der Waals surface area contributed by atoms with Gasteiger partial charge in [0.2, 0.25) is 11.8 Å². The fourth-order valence-corrected chi connectivity index (χ4v) is 3.09. The molecule has 26 heavy (non-hydrogen) atoms. The molecule has 0 atom stereocenters. The fourth-order valence-electron chi connectivity index (χ4n) is 3.09. The number of amides is 2. The monoisotopic (exact) mass is 481 g/mol. The lowest BCUT2D eigenvalue weighted by atomic mass is 9.84. The Hall–Kier alpha value is -1.06. The number of rotatable bonds is 8. The summed E-state index contributed by atoms with van der Waals surface area (Å²) in [5, 5.41) is 6.58. The topological polar surface area (TPSA) is 77.0 Å². The predicted octanol–water partition coefficient (Wildman–Crippen LogP) is 1.68. The lowest BCUT2D eigenvalue weighted by molar-refractivity contribution is -0.138. The Kier molecular flexibility index (Phi) is 11.8. The van der Waals surface area contributed by atoms with Crippen molar-refractivity contribution in [3.63, 3.8) is 0 Å². The molecule has 1 fully saturated rings. The Morgan fingerprint density at radius 1 is 1.04 bits per heavy atom. The minimum absolute atomic E-state index is 0. The second-order valence-corrected chi connectivity index (χ2v) is 7.27. The molecule has 1 aliphatic rings. The lowest BCUT2D eigenvalue weighted by Crippen LogP contribution is -2.49. The van der Waals surface area contributed by atoms with Gasteiger partial charge in [0, 0.05) is 41.3 Å². The van der Waals surface area contributed by atoms with E-state index >= 15 is 0 Å². The van der Waals surface area contributed by atoms with Gasteiger partial charge in [0.25, 0.3) is 0 Å². The zero-order chi connectivity index (χ0) is 18.9. The van der Waals surface area contributed by atoms with E-state index in [4.69, 9.17) is 0 Å². The number of hydrogen-bond acceptors (Lipinski definition) is 3. The van der Waals surface area contributed by atoms with E-state index in [-0.39, 0.29) is 47.8 Å². The molecule has 0 bridgehead atoms. The average molecular weight is 481 g/mol. The van der Waals surface area contributed by atoms with Gasteiger partial charge in [0.1, 0.15) is 6.54 Å². The summed E-state index contributed by atoms with van der Waals surface area (Å²) in [5.41, 5.74) is -0.359. The number of likely N-dealkylation sites (N-methyl/N-ethyl adjacent to an activating group) is 1. The first kappa shape index (κ1) is 24.9. The van der Waals surface area contributed by atoms with Crippen LogP contribution in [0.1, 0.15) is 45.4 Å². The molecule has 0 aromatic rings. The Balaban J connectivity index is 0.00000625. The Labute approximate surface area is 175 Å². The van der Waals surface area contributed by atoms with Crippen LogP contribution in [0.25, 0.3) is 0 Å².